The van der Waals surface area contributed by atoms with Crippen LogP contribution in [0.25, 0.3) is 0 Å². The van der Waals surface area contributed by atoms with Gasteiger partial charge in [0.25, 0.3) is 5.56 Å². The number of nitrogens with zero attached hydrogens (tertiary/aromatic N) is 2. The molecule has 0 saturated carbocycles. The maximum atomic E-state index is 13.1. The Morgan fingerprint density at radius 1 is 1.21 bits per heavy atom. The zero-order valence-corrected chi connectivity index (χ0v) is 17.8. The summed E-state index contributed by atoms with van der Waals surface area (Å²) in [6.07, 6.45) is 5.18. The second-order valence-corrected chi connectivity index (χ2v) is 9.75. The van der Waals surface area contributed by atoms with Gasteiger partial charge < -0.3 is 10.3 Å². The first-order valence-electron chi connectivity index (χ1n) is 9.45. The maximum Gasteiger partial charge on any atom is 0.251 e. The fourth-order valence-electron chi connectivity index (χ4n) is 3.13. The highest BCUT2D eigenvalue weighted by Crippen LogP contribution is 2.26. The molecule has 0 atom stereocenters. The van der Waals surface area contributed by atoms with Gasteiger partial charge >= 0.3 is 0 Å². The van der Waals surface area contributed by atoms with Gasteiger partial charge in [0, 0.05) is 31.0 Å². The lowest BCUT2D eigenvalue weighted by molar-refractivity contribution is -0.113. The predicted molar refractivity (Wildman–Crippen MR) is 113 cm³/mol. The van der Waals surface area contributed by atoms with E-state index in [1.54, 1.807) is 23.4 Å². The first-order valence-corrected chi connectivity index (χ1v) is 11.9. The Labute approximate surface area is 174 Å². The van der Waals surface area contributed by atoms with Gasteiger partial charge in [0.05, 0.1) is 10.6 Å². The number of aromatic amines is 1. The second kappa shape index (κ2) is 9.55. The first-order chi connectivity index (χ1) is 13.9. The number of anilines is 1. The number of amides is 1. The minimum atomic E-state index is -3.61. The summed E-state index contributed by atoms with van der Waals surface area (Å²) in [4.78, 5) is 30.3. The molecule has 1 amide bonds. The summed E-state index contributed by atoms with van der Waals surface area (Å²) in [5.41, 5.74) is 0.779. The third kappa shape index (κ3) is 5.68. The first kappa shape index (κ1) is 21.5. The van der Waals surface area contributed by atoms with Crippen LogP contribution in [0.1, 0.15) is 31.2 Å². The number of hydrogen-bond acceptors (Lipinski definition) is 6. The maximum absolute atomic E-state index is 13.1. The van der Waals surface area contributed by atoms with Crippen molar-refractivity contribution in [2.45, 2.75) is 42.7 Å². The third-order valence-corrected chi connectivity index (χ3v) is 7.57. The smallest absolute Gasteiger partial charge is 0.251 e. The number of carbonyl (C=O) groups is 1. The number of thioether (sulfide) groups is 1. The van der Waals surface area contributed by atoms with Gasteiger partial charge in [-0.1, -0.05) is 30.7 Å². The lowest BCUT2D eigenvalue weighted by atomic mass is 10.2. The molecule has 0 bridgehead atoms. The third-order valence-electron chi connectivity index (χ3n) is 4.64. The van der Waals surface area contributed by atoms with E-state index < -0.39 is 10.0 Å². The van der Waals surface area contributed by atoms with Crippen molar-refractivity contribution in [2.75, 3.05) is 24.2 Å². The summed E-state index contributed by atoms with van der Waals surface area (Å²) in [6, 6.07) is 6.19. The molecule has 2 N–H and O–H groups in total. The molecule has 0 unspecified atom stereocenters. The van der Waals surface area contributed by atoms with Crippen LogP contribution < -0.4 is 10.9 Å². The van der Waals surface area contributed by atoms with Crippen molar-refractivity contribution >= 4 is 33.4 Å². The Morgan fingerprint density at radius 3 is 2.62 bits per heavy atom. The van der Waals surface area contributed by atoms with Gasteiger partial charge in [0.15, 0.2) is 5.16 Å². The molecular formula is C19H24N4O4S2. The van der Waals surface area contributed by atoms with Crippen molar-refractivity contribution in [1.29, 1.82) is 0 Å². The van der Waals surface area contributed by atoms with Crippen LogP contribution in [0.3, 0.4) is 0 Å². The number of hydrogen-bond donors (Lipinski definition) is 2. The van der Waals surface area contributed by atoms with E-state index in [-0.39, 0.29) is 22.1 Å². The standard InChI is InChI=1S/C19H24N4O4S2/c1-14-6-7-15(21-18(25)13-28-19-20-9-8-17(24)22-19)12-16(14)29(26,27)23-10-4-2-3-5-11-23/h6-9,12H,2-5,10-11,13H2,1H3,(H,21,25)(H,20,22,24). The van der Waals surface area contributed by atoms with Crippen LogP contribution in [0.2, 0.25) is 0 Å². The Morgan fingerprint density at radius 2 is 1.93 bits per heavy atom. The van der Waals surface area contributed by atoms with Gasteiger partial charge in [-0.25, -0.2) is 13.4 Å². The summed E-state index contributed by atoms with van der Waals surface area (Å²) in [5.74, 6) is -0.279. The van der Waals surface area contributed by atoms with Crippen molar-refractivity contribution < 1.29 is 13.2 Å². The van der Waals surface area contributed by atoms with E-state index in [1.807, 2.05) is 0 Å². The zero-order chi connectivity index (χ0) is 20.9. The number of aryl methyl sites for hydroxylation is 1. The topological polar surface area (TPSA) is 112 Å². The van der Waals surface area contributed by atoms with Gasteiger partial charge in [-0.3, -0.25) is 9.59 Å². The molecule has 8 nitrogen and oxygen atoms in total. The van der Waals surface area contributed by atoms with Crippen LogP contribution in [0.4, 0.5) is 5.69 Å². The van der Waals surface area contributed by atoms with E-state index in [4.69, 9.17) is 0 Å². The molecule has 0 radical (unpaired) electrons. The molecule has 1 aliphatic rings. The van der Waals surface area contributed by atoms with E-state index in [2.05, 4.69) is 15.3 Å². The quantitative estimate of drug-likeness (QED) is 0.531. The summed E-state index contributed by atoms with van der Waals surface area (Å²) in [5, 5.41) is 3.07. The summed E-state index contributed by atoms with van der Waals surface area (Å²) < 4.78 is 27.8. The number of aromatic nitrogens is 2. The number of rotatable bonds is 6. The van der Waals surface area contributed by atoms with Crippen LogP contribution >= 0.6 is 11.8 Å². The number of H-pyrrole nitrogens is 1. The van der Waals surface area contributed by atoms with Crippen molar-refractivity contribution in [3.63, 3.8) is 0 Å². The summed E-state index contributed by atoms with van der Waals surface area (Å²) in [7, 11) is -3.61. The predicted octanol–water partition coefficient (Wildman–Crippen LogP) is 2.37. The molecule has 0 aliphatic carbocycles. The van der Waals surface area contributed by atoms with E-state index in [9.17, 15) is 18.0 Å². The van der Waals surface area contributed by atoms with Crippen LogP contribution in [-0.4, -0.2) is 47.4 Å². The molecule has 2 heterocycles. The molecule has 1 aliphatic heterocycles. The Kier molecular flexibility index (Phi) is 7.09. The van der Waals surface area contributed by atoms with E-state index in [1.165, 1.54) is 18.3 Å². The van der Waals surface area contributed by atoms with Crippen molar-refractivity contribution in [2.24, 2.45) is 0 Å². The Hall–Kier alpha value is -2.17. The van der Waals surface area contributed by atoms with E-state index in [0.717, 1.165) is 37.4 Å². The number of carbonyl (C=O) groups excluding carboxylic acids is 1. The van der Waals surface area contributed by atoms with Crippen LogP contribution in [0.5, 0.6) is 0 Å². The number of nitrogens with one attached hydrogen (secondary N) is 2. The molecular weight excluding hydrogens is 412 g/mol. The average molecular weight is 437 g/mol. The van der Waals surface area contributed by atoms with Crippen LogP contribution in [-0.2, 0) is 14.8 Å². The highest BCUT2D eigenvalue weighted by molar-refractivity contribution is 7.99. The van der Waals surface area contributed by atoms with Crippen LogP contribution in [0.15, 0.2) is 45.3 Å². The minimum Gasteiger partial charge on any atom is -0.325 e. The van der Waals surface area contributed by atoms with E-state index >= 15 is 0 Å². The SMILES string of the molecule is Cc1ccc(NC(=O)CSc2nccc(=O)[nH]2)cc1S(=O)(=O)N1CCCCCC1. The molecule has 156 valence electrons. The highest BCUT2D eigenvalue weighted by Gasteiger charge is 2.27. The largest absolute Gasteiger partial charge is 0.325 e. The molecule has 0 spiro atoms. The molecule has 10 heteroatoms. The zero-order valence-electron chi connectivity index (χ0n) is 16.2. The van der Waals surface area contributed by atoms with Gasteiger partial charge in [-0.15, -0.1) is 0 Å². The summed E-state index contributed by atoms with van der Waals surface area (Å²) >= 11 is 1.09. The van der Waals surface area contributed by atoms with E-state index in [0.29, 0.717) is 29.5 Å². The molecule has 2 aromatic rings. The summed E-state index contributed by atoms with van der Waals surface area (Å²) in [6.45, 7) is 2.80. The van der Waals surface area contributed by atoms with Crippen molar-refractivity contribution in [3.8, 4) is 0 Å². The normalized spacial score (nSPS) is 15.6. The van der Waals surface area contributed by atoms with Crippen molar-refractivity contribution in [1.82, 2.24) is 14.3 Å². The average Bonchev–Trinajstić information content (AvgIpc) is 2.98. The van der Waals surface area contributed by atoms with Crippen LogP contribution in [0, 0.1) is 6.92 Å². The lowest BCUT2D eigenvalue weighted by Gasteiger charge is -2.21. The molecule has 1 saturated heterocycles. The Balaban J connectivity index is 1.71. The molecule has 1 aromatic carbocycles. The minimum absolute atomic E-state index is 0.0367. The molecule has 1 aromatic heterocycles. The molecule has 3 rings (SSSR count). The monoisotopic (exact) mass is 436 g/mol. The lowest BCUT2D eigenvalue weighted by Crippen LogP contribution is -2.32. The highest BCUT2D eigenvalue weighted by atomic mass is 32.2. The second-order valence-electron chi connectivity index (χ2n) is 6.87. The Bertz CT molecular complexity index is 1030. The fourth-order valence-corrected chi connectivity index (χ4v) is 5.55. The number of sulfonamides is 1. The molecule has 1 fully saturated rings. The number of benzene rings is 1. The fraction of sp³-hybridized carbons (Fsp3) is 0.421. The van der Waals surface area contributed by atoms with Gasteiger partial charge in [-0.2, -0.15) is 4.31 Å². The van der Waals surface area contributed by atoms with Gasteiger partial charge in [-0.05, 0) is 37.5 Å². The molecule has 29 heavy (non-hydrogen) atoms. The van der Waals surface area contributed by atoms with Gasteiger partial charge in [0.1, 0.15) is 0 Å². The van der Waals surface area contributed by atoms with Gasteiger partial charge in [0.2, 0.25) is 15.9 Å². The van der Waals surface area contributed by atoms with Crippen molar-refractivity contribution in [3.05, 3.63) is 46.4 Å².